The van der Waals surface area contributed by atoms with Gasteiger partial charge in [0.1, 0.15) is 6.61 Å². The quantitative estimate of drug-likeness (QED) is 0.389. The van der Waals surface area contributed by atoms with Crippen molar-refractivity contribution in [1.29, 1.82) is 0 Å². The first kappa shape index (κ1) is 18.9. The van der Waals surface area contributed by atoms with E-state index in [0.29, 0.717) is 19.8 Å². The smallest absolute Gasteiger partial charge is 0.306 e. The Hall–Kier alpha value is -1.14. The maximum absolute atomic E-state index is 11.0. The van der Waals surface area contributed by atoms with Gasteiger partial charge in [0, 0.05) is 6.61 Å². The minimum absolute atomic E-state index is 0.101. The largest absolute Gasteiger partial charge is 0.481 e. The summed E-state index contributed by atoms with van der Waals surface area (Å²) < 4.78 is 15.4. The van der Waals surface area contributed by atoms with Crippen LogP contribution in [-0.2, 0) is 23.8 Å². The number of unbranched alkanes of at least 4 members (excludes halogenated alkanes) is 3. The summed E-state index contributed by atoms with van der Waals surface area (Å²) in [6.45, 7) is 4.39. The highest BCUT2D eigenvalue weighted by Crippen LogP contribution is 1.98. The topological polar surface area (TPSA) is 82.1 Å². The van der Waals surface area contributed by atoms with Crippen molar-refractivity contribution >= 4 is 11.9 Å². The second-order valence-electron chi connectivity index (χ2n) is 4.40. The van der Waals surface area contributed by atoms with Crippen LogP contribution in [0.15, 0.2) is 0 Å². The lowest BCUT2D eigenvalue weighted by molar-refractivity contribution is -0.149. The van der Waals surface area contributed by atoms with Gasteiger partial charge in [-0.3, -0.25) is 9.59 Å². The number of rotatable bonds is 14. The molecule has 0 bridgehead atoms. The monoisotopic (exact) mass is 290 g/mol. The molecule has 6 heteroatoms. The molecule has 0 aliphatic carbocycles. The first-order chi connectivity index (χ1) is 9.66. The van der Waals surface area contributed by atoms with E-state index in [1.807, 2.05) is 0 Å². The first-order valence-electron chi connectivity index (χ1n) is 7.19. The van der Waals surface area contributed by atoms with Crippen LogP contribution >= 0.6 is 0 Å². The summed E-state index contributed by atoms with van der Waals surface area (Å²) in [5.41, 5.74) is 0. The molecule has 0 rings (SSSR count). The molecule has 0 aromatic heterocycles. The van der Waals surface area contributed by atoms with Gasteiger partial charge in [0.05, 0.1) is 32.7 Å². The van der Waals surface area contributed by atoms with E-state index < -0.39 is 11.9 Å². The fourth-order valence-corrected chi connectivity index (χ4v) is 1.45. The zero-order chi connectivity index (χ0) is 15.1. The Kier molecular flexibility index (Phi) is 13.5. The predicted molar refractivity (Wildman–Crippen MR) is 73.6 cm³/mol. The van der Waals surface area contributed by atoms with Gasteiger partial charge in [-0.15, -0.1) is 0 Å². The molecule has 0 unspecified atom stereocenters. The highest BCUT2D eigenvalue weighted by molar-refractivity contribution is 5.76. The molecule has 6 nitrogen and oxygen atoms in total. The fraction of sp³-hybridized carbons (Fsp3) is 0.857. The van der Waals surface area contributed by atoms with Crippen LogP contribution in [-0.4, -0.2) is 50.1 Å². The van der Waals surface area contributed by atoms with Crippen LogP contribution in [0.2, 0.25) is 0 Å². The van der Waals surface area contributed by atoms with Crippen LogP contribution in [0.5, 0.6) is 0 Å². The van der Waals surface area contributed by atoms with Crippen molar-refractivity contribution in [2.24, 2.45) is 0 Å². The van der Waals surface area contributed by atoms with E-state index in [9.17, 15) is 9.59 Å². The maximum Gasteiger partial charge on any atom is 0.306 e. The summed E-state index contributed by atoms with van der Waals surface area (Å²) in [6.07, 6.45) is 4.43. The van der Waals surface area contributed by atoms with E-state index in [1.54, 1.807) is 0 Å². The highest BCUT2D eigenvalue weighted by Gasteiger charge is 2.05. The molecule has 0 aliphatic rings. The van der Waals surface area contributed by atoms with Crippen LogP contribution < -0.4 is 0 Å². The summed E-state index contributed by atoms with van der Waals surface area (Å²) in [4.78, 5) is 21.3. The van der Waals surface area contributed by atoms with Crippen molar-refractivity contribution in [3.05, 3.63) is 0 Å². The molecule has 0 fully saturated rings. The van der Waals surface area contributed by atoms with Gasteiger partial charge in [-0.2, -0.15) is 0 Å². The van der Waals surface area contributed by atoms with Gasteiger partial charge in [0.2, 0.25) is 0 Å². The number of carbonyl (C=O) groups is 2. The van der Waals surface area contributed by atoms with Gasteiger partial charge in [0.25, 0.3) is 0 Å². The summed E-state index contributed by atoms with van der Waals surface area (Å²) >= 11 is 0. The van der Waals surface area contributed by atoms with E-state index in [0.717, 1.165) is 13.0 Å². The van der Waals surface area contributed by atoms with Crippen molar-refractivity contribution in [2.75, 3.05) is 33.0 Å². The van der Waals surface area contributed by atoms with Crippen LogP contribution in [0.3, 0.4) is 0 Å². The third kappa shape index (κ3) is 14.9. The average molecular weight is 290 g/mol. The SMILES string of the molecule is CCCCCCOCCOCCOC(=O)CCC(=O)O. The zero-order valence-corrected chi connectivity index (χ0v) is 12.3. The molecule has 0 amide bonds. The Morgan fingerprint density at radius 1 is 0.850 bits per heavy atom. The summed E-state index contributed by atoms with van der Waals surface area (Å²) in [5.74, 6) is -1.52. The van der Waals surface area contributed by atoms with Crippen LogP contribution in [0.4, 0.5) is 0 Å². The minimum atomic E-state index is -1.01. The molecular weight excluding hydrogens is 264 g/mol. The molecule has 0 radical (unpaired) electrons. The highest BCUT2D eigenvalue weighted by atomic mass is 16.6. The van der Waals surface area contributed by atoms with Gasteiger partial charge in [-0.05, 0) is 6.42 Å². The van der Waals surface area contributed by atoms with Crippen molar-refractivity contribution in [3.8, 4) is 0 Å². The molecule has 0 aromatic carbocycles. The summed E-state index contributed by atoms with van der Waals surface area (Å²) in [6, 6.07) is 0. The third-order valence-corrected chi connectivity index (χ3v) is 2.55. The number of ether oxygens (including phenoxy) is 3. The molecule has 1 N–H and O–H groups in total. The number of hydrogen-bond donors (Lipinski definition) is 1. The first-order valence-corrected chi connectivity index (χ1v) is 7.19. The van der Waals surface area contributed by atoms with Crippen molar-refractivity contribution < 1.29 is 28.9 Å². The second-order valence-corrected chi connectivity index (χ2v) is 4.40. The molecule has 0 saturated heterocycles. The van der Waals surface area contributed by atoms with Crippen LogP contribution in [0.1, 0.15) is 45.4 Å². The van der Waals surface area contributed by atoms with Crippen LogP contribution in [0.25, 0.3) is 0 Å². The van der Waals surface area contributed by atoms with Gasteiger partial charge in [0.15, 0.2) is 0 Å². The molecular formula is C14H26O6. The summed E-state index contributed by atoms with van der Waals surface area (Å²) in [5, 5.41) is 8.38. The number of aliphatic carboxylic acids is 1. The Morgan fingerprint density at radius 2 is 1.50 bits per heavy atom. The van der Waals surface area contributed by atoms with E-state index in [4.69, 9.17) is 19.3 Å². The molecule has 0 aliphatic heterocycles. The predicted octanol–water partition coefficient (Wildman–Crippen LogP) is 2.01. The number of carboxylic acid groups (broad SMARTS) is 1. The Morgan fingerprint density at radius 3 is 2.15 bits per heavy atom. The molecule has 0 aromatic rings. The number of hydrogen-bond acceptors (Lipinski definition) is 5. The molecule has 0 spiro atoms. The standard InChI is InChI=1S/C14H26O6/c1-2-3-4-5-8-18-9-10-19-11-12-20-14(17)7-6-13(15)16/h2-12H2,1H3,(H,15,16). The number of esters is 1. The van der Waals surface area contributed by atoms with Gasteiger partial charge in [-0.25, -0.2) is 0 Å². The maximum atomic E-state index is 11.0. The number of carboxylic acids is 1. The van der Waals surface area contributed by atoms with E-state index in [-0.39, 0.29) is 19.4 Å². The molecule has 20 heavy (non-hydrogen) atoms. The van der Waals surface area contributed by atoms with E-state index >= 15 is 0 Å². The van der Waals surface area contributed by atoms with E-state index in [1.165, 1.54) is 19.3 Å². The third-order valence-electron chi connectivity index (χ3n) is 2.55. The molecule has 0 saturated carbocycles. The Labute approximate surface area is 120 Å². The van der Waals surface area contributed by atoms with Crippen molar-refractivity contribution in [2.45, 2.75) is 45.4 Å². The zero-order valence-electron chi connectivity index (χ0n) is 12.3. The van der Waals surface area contributed by atoms with Crippen molar-refractivity contribution in [3.63, 3.8) is 0 Å². The number of carbonyl (C=O) groups excluding carboxylic acids is 1. The Balaban J connectivity index is 3.12. The minimum Gasteiger partial charge on any atom is -0.481 e. The fourth-order valence-electron chi connectivity index (χ4n) is 1.45. The Bertz CT molecular complexity index is 254. The summed E-state index contributed by atoms with van der Waals surface area (Å²) in [7, 11) is 0. The van der Waals surface area contributed by atoms with Crippen LogP contribution in [0, 0.1) is 0 Å². The molecule has 0 heterocycles. The van der Waals surface area contributed by atoms with Gasteiger partial charge < -0.3 is 19.3 Å². The average Bonchev–Trinajstić information content (AvgIpc) is 2.42. The molecule has 118 valence electrons. The van der Waals surface area contributed by atoms with E-state index in [2.05, 4.69) is 6.92 Å². The lowest BCUT2D eigenvalue weighted by Crippen LogP contribution is -2.13. The van der Waals surface area contributed by atoms with Gasteiger partial charge >= 0.3 is 11.9 Å². The lowest BCUT2D eigenvalue weighted by Gasteiger charge is -2.06. The van der Waals surface area contributed by atoms with Crippen molar-refractivity contribution in [1.82, 2.24) is 0 Å². The van der Waals surface area contributed by atoms with Gasteiger partial charge in [-0.1, -0.05) is 26.2 Å². The second kappa shape index (κ2) is 14.3. The lowest BCUT2D eigenvalue weighted by atomic mass is 10.2. The normalized spacial score (nSPS) is 10.4. The molecule has 0 atom stereocenters.